The Hall–Kier alpha value is -1.39. The lowest BCUT2D eigenvalue weighted by atomic mass is 10.4. The van der Waals surface area contributed by atoms with Crippen LogP contribution < -0.4 is 4.74 Å². The highest BCUT2D eigenvalue weighted by Gasteiger charge is 2.02. The van der Waals surface area contributed by atoms with Crippen molar-refractivity contribution < 1.29 is 4.74 Å². The van der Waals surface area contributed by atoms with Crippen LogP contribution in [0.5, 0.6) is 5.75 Å². The number of halogens is 2. The van der Waals surface area contributed by atoms with Gasteiger partial charge in [0.15, 0.2) is 5.82 Å². The third-order valence-electron chi connectivity index (χ3n) is 1.92. The van der Waals surface area contributed by atoms with Gasteiger partial charge in [-0.3, -0.25) is 4.98 Å². The maximum Gasteiger partial charge on any atom is 0.167 e. The minimum Gasteiger partial charge on any atom is -0.484 e. The summed E-state index contributed by atoms with van der Waals surface area (Å²) in [5.74, 6) is 1.09. The quantitative estimate of drug-likeness (QED) is 0.804. The van der Waals surface area contributed by atoms with Gasteiger partial charge in [-0.15, -0.1) is 0 Å². The molecule has 6 heteroatoms. The zero-order valence-corrected chi connectivity index (χ0v) is 10.5. The fraction of sp³-hybridized carbons (Fsp3) is 0.182. The summed E-state index contributed by atoms with van der Waals surface area (Å²) >= 11 is 11.6. The van der Waals surface area contributed by atoms with E-state index in [1.807, 2.05) is 6.92 Å². The molecule has 0 radical (unpaired) electrons. The van der Waals surface area contributed by atoms with Gasteiger partial charge in [0, 0.05) is 18.0 Å². The molecule has 17 heavy (non-hydrogen) atoms. The molecule has 0 spiro atoms. The third kappa shape index (κ3) is 3.54. The molecule has 0 saturated carbocycles. The van der Waals surface area contributed by atoms with Crippen LogP contribution in [0.15, 0.2) is 24.5 Å². The first kappa shape index (κ1) is 12.1. The molecule has 0 fully saturated rings. The van der Waals surface area contributed by atoms with Crippen molar-refractivity contribution in [2.45, 2.75) is 13.5 Å². The van der Waals surface area contributed by atoms with E-state index in [1.54, 1.807) is 18.3 Å². The molecule has 2 heterocycles. The second-order valence-electron chi connectivity index (χ2n) is 3.38. The second kappa shape index (κ2) is 5.29. The molecule has 0 aliphatic carbocycles. The van der Waals surface area contributed by atoms with Gasteiger partial charge >= 0.3 is 0 Å². The first-order chi connectivity index (χ1) is 8.13. The van der Waals surface area contributed by atoms with Crippen molar-refractivity contribution >= 4 is 23.2 Å². The zero-order chi connectivity index (χ0) is 12.3. The Morgan fingerprint density at radius 2 is 2.00 bits per heavy atom. The minimum atomic E-state index is 0.226. The highest BCUT2D eigenvalue weighted by Crippen LogP contribution is 2.16. The molecule has 0 bridgehead atoms. The first-order valence-corrected chi connectivity index (χ1v) is 5.62. The molecule has 2 rings (SSSR count). The Bertz CT molecular complexity index is 514. The van der Waals surface area contributed by atoms with E-state index in [0.29, 0.717) is 21.7 Å². The van der Waals surface area contributed by atoms with Crippen molar-refractivity contribution in [2.24, 2.45) is 0 Å². The molecule has 0 N–H and O–H groups in total. The van der Waals surface area contributed by atoms with Gasteiger partial charge in [0.05, 0.1) is 11.2 Å². The Balaban J connectivity index is 2.07. The first-order valence-electron chi connectivity index (χ1n) is 4.87. The predicted molar refractivity (Wildman–Crippen MR) is 65.4 cm³/mol. The largest absolute Gasteiger partial charge is 0.484 e. The number of hydrogen-bond acceptors (Lipinski definition) is 4. The van der Waals surface area contributed by atoms with Gasteiger partial charge in [0.2, 0.25) is 0 Å². The van der Waals surface area contributed by atoms with E-state index in [1.165, 1.54) is 6.20 Å². The summed E-state index contributed by atoms with van der Waals surface area (Å²) in [7, 11) is 0. The van der Waals surface area contributed by atoms with E-state index in [-0.39, 0.29) is 6.61 Å². The summed E-state index contributed by atoms with van der Waals surface area (Å²) in [6.45, 7) is 2.07. The molecule has 0 saturated heterocycles. The number of pyridine rings is 1. The van der Waals surface area contributed by atoms with Gasteiger partial charge in [0.25, 0.3) is 0 Å². The SMILES string of the molecule is Cc1cc(Cl)nc(COc2cncc(Cl)c2)n1. The maximum atomic E-state index is 5.82. The highest BCUT2D eigenvalue weighted by molar-refractivity contribution is 6.30. The molecule has 2 aromatic heterocycles. The number of nitrogens with zero attached hydrogens (tertiary/aromatic N) is 3. The van der Waals surface area contributed by atoms with Crippen LogP contribution in [0.1, 0.15) is 11.5 Å². The lowest BCUT2D eigenvalue weighted by Crippen LogP contribution is -2.03. The molecule has 0 aromatic carbocycles. The molecule has 0 aliphatic rings. The van der Waals surface area contributed by atoms with Crippen molar-refractivity contribution in [3.8, 4) is 5.75 Å². The van der Waals surface area contributed by atoms with Crippen LogP contribution >= 0.6 is 23.2 Å². The number of aryl methyl sites for hydroxylation is 1. The average molecular weight is 270 g/mol. The topological polar surface area (TPSA) is 47.9 Å². The van der Waals surface area contributed by atoms with Crippen LogP contribution in [0.2, 0.25) is 10.2 Å². The molecule has 0 aliphatic heterocycles. The lowest BCUT2D eigenvalue weighted by molar-refractivity contribution is 0.294. The van der Waals surface area contributed by atoms with Crippen molar-refractivity contribution in [1.82, 2.24) is 15.0 Å². The summed E-state index contributed by atoms with van der Waals surface area (Å²) in [6, 6.07) is 3.36. The number of hydrogen-bond donors (Lipinski definition) is 0. The summed E-state index contributed by atoms with van der Waals surface area (Å²) in [5.41, 5.74) is 0.799. The van der Waals surface area contributed by atoms with E-state index < -0.39 is 0 Å². The van der Waals surface area contributed by atoms with Gasteiger partial charge < -0.3 is 4.74 Å². The van der Waals surface area contributed by atoms with Crippen LogP contribution in [0, 0.1) is 6.92 Å². The lowest BCUT2D eigenvalue weighted by Gasteiger charge is -2.05. The number of ether oxygens (including phenoxy) is 1. The van der Waals surface area contributed by atoms with E-state index in [0.717, 1.165) is 5.69 Å². The molecule has 0 unspecified atom stereocenters. The Kier molecular flexibility index (Phi) is 3.76. The van der Waals surface area contributed by atoms with E-state index in [2.05, 4.69) is 15.0 Å². The fourth-order valence-corrected chi connectivity index (χ4v) is 1.69. The van der Waals surface area contributed by atoms with Gasteiger partial charge in [0.1, 0.15) is 17.5 Å². The van der Waals surface area contributed by atoms with Crippen LogP contribution in [0.4, 0.5) is 0 Å². The monoisotopic (exact) mass is 269 g/mol. The highest BCUT2D eigenvalue weighted by atomic mass is 35.5. The summed E-state index contributed by atoms with van der Waals surface area (Å²) in [5, 5.41) is 0.922. The fourth-order valence-electron chi connectivity index (χ4n) is 1.27. The third-order valence-corrected chi connectivity index (χ3v) is 2.32. The van der Waals surface area contributed by atoms with Crippen LogP contribution in [0.3, 0.4) is 0 Å². The van der Waals surface area contributed by atoms with Crippen molar-refractivity contribution in [1.29, 1.82) is 0 Å². The van der Waals surface area contributed by atoms with Gasteiger partial charge in [-0.25, -0.2) is 9.97 Å². The average Bonchev–Trinajstić information content (AvgIpc) is 2.25. The summed E-state index contributed by atoms with van der Waals surface area (Å²) < 4.78 is 5.45. The number of rotatable bonds is 3. The maximum absolute atomic E-state index is 5.82. The van der Waals surface area contributed by atoms with Gasteiger partial charge in [-0.1, -0.05) is 23.2 Å². The Morgan fingerprint density at radius 1 is 1.18 bits per heavy atom. The van der Waals surface area contributed by atoms with Crippen LogP contribution in [-0.4, -0.2) is 15.0 Å². The van der Waals surface area contributed by atoms with E-state index >= 15 is 0 Å². The molecule has 2 aromatic rings. The second-order valence-corrected chi connectivity index (χ2v) is 4.20. The molecular formula is C11H9Cl2N3O. The van der Waals surface area contributed by atoms with Gasteiger partial charge in [-0.05, 0) is 13.0 Å². The summed E-state index contributed by atoms with van der Waals surface area (Å²) in [6.07, 6.45) is 3.11. The smallest absolute Gasteiger partial charge is 0.167 e. The van der Waals surface area contributed by atoms with Crippen LogP contribution in [0.25, 0.3) is 0 Å². The van der Waals surface area contributed by atoms with Crippen molar-refractivity contribution in [3.05, 3.63) is 46.2 Å². The Labute approximate surface area is 109 Å². The minimum absolute atomic E-state index is 0.226. The molecule has 0 amide bonds. The normalized spacial score (nSPS) is 10.3. The standard InChI is InChI=1S/C11H9Cl2N3O/c1-7-2-10(13)16-11(15-7)6-17-9-3-8(12)4-14-5-9/h2-5H,6H2,1H3. The van der Waals surface area contributed by atoms with Crippen molar-refractivity contribution in [2.75, 3.05) is 0 Å². The van der Waals surface area contributed by atoms with Gasteiger partial charge in [-0.2, -0.15) is 0 Å². The molecule has 0 atom stereocenters. The number of aromatic nitrogens is 3. The summed E-state index contributed by atoms with van der Waals surface area (Å²) in [4.78, 5) is 12.2. The zero-order valence-electron chi connectivity index (χ0n) is 9.02. The van der Waals surface area contributed by atoms with Crippen LogP contribution in [-0.2, 0) is 6.61 Å². The van der Waals surface area contributed by atoms with Crippen molar-refractivity contribution in [3.63, 3.8) is 0 Å². The molecule has 4 nitrogen and oxygen atoms in total. The predicted octanol–water partition coefficient (Wildman–Crippen LogP) is 3.07. The molecule has 88 valence electrons. The Morgan fingerprint density at radius 3 is 2.71 bits per heavy atom. The molecular weight excluding hydrogens is 261 g/mol. The van der Waals surface area contributed by atoms with E-state index in [4.69, 9.17) is 27.9 Å². The van der Waals surface area contributed by atoms with E-state index in [9.17, 15) is 0 Å².